The molecule has 1 aliphatic rings. The normalized spacial score (nSPS) is 19.9. The Morgan fingerprint density at radius 1 is 1.56 bits per heavy atom. The van der Waals surface area contributed by atoms with Gasteiger partial charge in [-0.3, -0.25) is 9.78 Å². The molecule has 98 valence electrons. The van der Waals surface area contributed by atoms with Crippen LogP contribution in [0.5, 0.6) is 0 Å². The van der Waals surface area contributed by atoms with Crippen molar-refractivity contribution < 1.29 is 9.53 Å². The molecule has 0 aromatic carbocycles. The number of hydrogen-bond donors (Lipinski definition) is 0. The summed E-state index contributed by atoms with van der Waals surface area (Å²) in [6.07, 6.45) is 4.04. The number of hydrogen-bond acceptors (Lipinski definition) is 3. The maximum absolute atomic E-state index is 11.8. The van der Waals surface area contributed by atoms with Crippen molar-refractivity contribution in [2.75, 3.05) is 26.8 Å². The zero-order valence-corrected chi connectivity index (χ0v) is 11.1. The number of nitrogens with zero attached hydrogens (tertiary/aromatic N) is 2. The van der Waals surface area contributed by atoms with Gasteiger partial charge in [-0.05, 0) is 31.4 Å². The van der Waals surface area contributed by atoms with E-state index in [0.29, 0.717) is 5.92 Å². The van der Waals surface area contributed by atoms with Crippen LogP contribution >= 0.6 is 0 Å². The zero-order valence-electron chi connectivity index (χ0n) is 11.1. The molecule has 4 nitrogen and oxygen atoms in total. The summed E-state index contributed by atoms with van der Waals surface area (Å²) in [4.78, 5) is 18.2. The summed E-state index contributed by atoms with van der Waals surface area (Å²) in [6.45, 7) is 3.81. The van der Waals surface area contributed by atoms with Crippen LogP contribution in [0.4, 0.5) is 0 Å². The van der Waals surface area contributed by atoms with Crippen LogP contribution in [0.2, 0.25) is 0 Å². The van der Waals surface area contributed by atoms with Gasteiger partial charge in [-0.2, -0.15) is 0 Å². The van der Waals surface area contributed by atoms with Crippen molar-refractivity contribution in [1.82, 2.24) is 9.88 Å². The fourth-order valence-electron chi connectivity index (χ4n) is 2.38. The van der Waals surface area contributed by atoms with E-state index in [1.165, 1.54) is 5.56 Å². The van der Waals surface area contributed by atoms with Gasteiger partial charge in [0.05, 0.1) is 0 Å². The van der Waals surface area contributed by atoms with E-state index < -0.39 is 0 Å². The Morgan fingerprint density at radius 3 is 3.06 bits per heavy atom. The summed E-state index contributed by atoms with van der Waals surface area (Å²) in [5.41, 5.74) is 2.26. The summed E-state index contributed by atoms with van der Waals surface area (Å²) >= 11 is 0. The second-order valence-corrected chi connectivity index (χ2v) is 4.87. The lowest BCUT2D eigenvalue weighted by molar-refractivity contribution is -0.136. The molecule has 0 unspecified atom stereocenters. The minimum absolute atomic E-state index is 0.0781. The van der Waals surface area contributed by atoms with E-state index in [-0.39, 0.29) is 12.5 Å². The third kappa shape index (κ3) is 3.07. The number of amides is 1. The molecule has 1 aromatic heterocycles. The van der Waals surface area contributed by atoms with E-state index in [4.69, 9.17) is 4.74 Å². The maximum Gasteiger partial charge on any atom is 0.248 e. The highest BCUT2D eigenvalue weighted by Gasteiger charge is 2.25. The molecule has 0 bridgehead atoms. The van der Waals surface area contributed by atoms with E-state index in [2.05, 4.69) is 17.1 Å². The highest BCUT2D eigenvalue weighted by atomic mass is 16.5. The fourth-order valence-corrected chi connectivity index (χ4v) is 2.38. The molecule has 1 saturated heterocycles. The quantitative estimate of drug-likeness (QED) is 0.818. The first kappa shape index (κ1) is 13.0. The van der Waals surface area contributed by atoms with Crippen molar-refractivity contribution in [3.05, 3.63) is 29.6 Å². The van der Waals surface area contributed by atoms with Gasteiger partial charge < -0.3 is 9.64 Å². The van der Waals surface area contributed by atoms with Crippen molar-refractivity contribution in [1.29, 1.82) is 0 Å². The van der Waals surface area contributed by atoms with Crippen LogP contribution in [-0.4, -0.2) is 42.6 Å². The van der Waals surface area contributed by atoms with Crippen LogP contribution in [0.25, 0.3) is 0 Å². The first-order chi connectivity index (χ1) is 8.70. The van der Waals surface area contributed by atoms with Gasteiger partial charge in [0, 0.05) is 38.0 Å². The van der Waals surface area contributed by atoms with Crippen LogP contribution < -0.4 is 0 Å². The molecule has 0 aliphatic carbocycles. The van der Waals surface area contributed by atoms with Gasteiger partial charge in [0.25, 0.3) is 0 Å². The molecule has 1 fully saturated rings. The molecule has 0 saturated carbocycles. The first-order valence-corrected chi connectivity index (χ1v) is 6.40. The van der Waals surface area contributed by atoms with Crippen LogP contribution in [-0.2, 0) is 9.53 Å². The van der Waals surface area contributed by atoms with E-state index in [0.717, 1.165) is 31.6 Å². The third-order valence-corrected chi connectivity index (χ3v) is 3.39. The second kappa shape index (κ2) is 5.96. The van der Waals surface area contributed by atoms with Crippen molar-refractivity contribution in [2.24, 2.45) is 0 Å². The van der Waals surface area contributed by atoms with Gasteiger partial charge in [-0.15, -0.1) is 0 Å². The van der Waals surface area contributed by atoms with Crippen molar-refractivity contribution >= 4 is 5.91 Å². The summed E-state index contributed by atoms with van der Waals surface area (Å²) in [7, 11) is 1.56. The fraction of sp³-hybridized carbons (Fsp3) is 0.571. The average Bonchev–Trinajstić information content (AvgIpc) is 2.40. The Morgan fingerprint density at radius 2 is 2.39 bits per heavy atom. The number of carbonyl (C=O) groups excluding carboxylic acids is 1. The van der Waals surface area contributed by atoms with E-state index in [9.17, 15) is 4.79 Å². The van der Waals surface area contributed by atoms with Gasteiger partial charge >= 0.3 is 0 Å². The molecule has 4 heteroatoms. The van der Waals surface area contributed by atoms with Gasteiger partial charge in [0.2, 0.25) is 5.91 Å². The first-order valence-electron chi connectivity index (χ1n) is 6.40. The molecular weight excluding hydrogens is 228 g/mol. The summed E-state index contributed by atoms with van der Waals surface area (Å²) in [5.74, 6) is 0.439. The predicted molar refractivity (Wildman–Crippen MR) is 69.4 cm³/mol. The number of aromatic nitrogens is 1. The number of pyridine rings is 1. The largest absolute Gasteiger partial charge is 0.375 e. The van der Waals surface area contributed by atoms with E-state index in [1.807, 2.05) is 18.0 Å². The molecule has 1 amide bonds. The topological polar surface area (TPSA) is 42.4 Å². The molecule has 1 aliphatic heterocycles. The SMILES string of the molecule is COCC(=O)N1CCC[C@H](c2ccc(C)cn2)C1. The van der Waals surface area contributed by atoms with Crippen LogP contribution in [0.3, 0.4) is 0 Å². The monoisotopic (exact) mass is 248 g/mol. The minimum Gasteiger partial charge on any atom is -0.375 e. The Balaban J connectivity index is 2.02. The van der Waals surface area contributed by atoms with Crippen LogP contribution in [0.1, 0.15) is 30.0 Å². The lowest BCUT2D eigenvalue weighted by Crippen LogP contribution is -2.41. The Hall–Kier alpha value is -1.42. The Bertz CT molecular complexity index is 403. The van der Waals surface area contributed by atoms with Crippen molar-refractivity contribution in [2.45, 2.75) is 25.7 Å². The Kier molecular flexibility index (Phi) is 4.31. The lowest BCUT2D eigenvalue weighted by atomic mass is 9.94. The molecule has 18 heavy (non-hydrogen) atoms. The molecule has 0 spiro atoms. The molecule has 1 atom stereocenters. The number of ether oxygens (including phenoxy) is 1. The minimum atomic E-state index is 0.0781. The number of methoxy groups -OCH3 is 1. The number of piperidine rings is 1. The van der Waals surface area contributed by atoms with E-state index in [1.54, 1.807) is 7.11 Å². The summed E-state index contributed by atoms with van der Waals surface area (Å²) in [6, 6.07) is 4.16. The number of rotatable bonds is 3. The van der Waals surface area contributed by atoms with Crippen molar-refractivity contribution in [3.63, 3.8) is 0 Å². The van der Waals surface area contributed by atoms with Crippen LogP contribution in [0, 0.1) is 6.92 Å². The van der Waals surface area contributed by atoms with Gasteiger partial charge in [0.1, 0.15) is 6.61 Å². The predicted octanol–water partition coefficient (Wildman–Crippen LogP) is 1.74. The molecular formula is C14H20N2O2. The standard InChI is InChI=1S/C14H20N2O2/c1-11-5-6-13(15-8-11)12-4-3-7-16(9-12)14(17)10-18-2/h5-6,8,12H,3-4,7,9-10H2,1-2H3/t12-/m0/s1. The van der Waals surface area contributed by atoms with E-state index >= 15 is 0 Å². The number of carbonyl (C=O) groups is 1. The average molecular weight is 248 g/mol. The zero-order chi connectivity index (χ0) is 13.0. The Labute approximate surface area is 108 Å². The molecule has 1 aromatic rings. The smallest absolute Gasteiger partial charge is 0.248 e. The van der Waals surface area contributed by atoms with Gasteiger partial charge in [-0.25, -0.2) is 0 Å². The van der Waals surface area contributed by atoms with Crippen molar-refractivity contribution in [3.8, 4) is 0 Å². The highest BCUT2D eigenvalue weighted by Crippen LogP contribution is 2.25. The summed E-state index contributed by atoms with van der Waals surface area (Å²) in [5, 5.41) is 0. The third-order valence-electron chi connectivity index (χ3n) is 3.39. The number of likely N-dealkylation sites (tertiary alicyclic amines) is 1. The van der Waals surface area contributed by atoms with Crippen LogP contribution in [0.15, 0.2) is 18.3 Å². The molecule has 2 rings (SSSR count). The molecule has 0 N–H and O–H groups in total. The lowest BCUT2D eigenvalue weighted by Gasteiger charge is -2.32. The number of aryl methyl sites for hydroxylation is 1. The molecule has 2 heterocycles. The maximum atomic E-state index is 11.8. The van der Waals surface area contributed by atoms with Gasteiger partial charge in [0.15, 0.2) is 0 Å². The summed E-state index contributed by atoms with van der Waals surface area (Å²) < 4.78 is 4.91. The highest BCUT2D eigenvalue weighted by molar-refractivity contribution is 5.77. The van der Waals surface area contributed by atoms with Gasteiger partial charge in [-0.1, -0.05) is 6.07 Å². The molecule has 0 radical (unpaired) electrons. The second-order valence-electron chi connectivity index (χ2n) is 4.87.